The van der Waals surface area contributed by atoms with Gasteiger partial charge < -0.3 is 9.84 Å². The molecule has 0 saturated carbocycles. The third-order valence-electron chi connectivity index (χ3n) is 2.89. The quantitative estimate of drug-likeness (QED) is 0.871. The Balaban J connectivity index is 2.02. The van der Waals surface area contributed by atoms with Gasteiger partial charge in [0, 0.05) is 12.5 Å². The molecule has 0 aliphatic heterocycles. The third-order valence-corrected chi connectivity index (χ3v) is 2.89. The average Bonchev–Trinajstić information content (AvgIpc) is 2.47. The van der Waals surface area contributed by atoms with E-state index in [1.807, 2.05) is 31.2 Å². The van der Waals surface area contributed by atoms with Gasteiger partial charge in [0.25, 0.3) is 0 Å². The fourth-order valence-electron chi connectivity index (χ4n) is 1.87. The van der Waals surface area contributed by atoms with Gasteiger partial charge in [0.05, 0.1) is 12.2 Å². The molecule has 2 aromatic rings. The molecular formula is C18H17FO2. The van der Waals surface area contributed by atoms with Crippen molar-refractivity contribution in [3.63, 3.8) is 0 Å². The van der Waals surface area contributed by atoms with Gasteiger partial charge >= 0.3 is 0 Å². The van der Waals surface area contributed by atoms with Gasteiger partial charge in [0.2, 0.25) is 0 Å². The lowest BCUT2D eigenvalue weighted by atomic mass is 10.1. The van der Waals surface area contributed by atoms with Crippen molar-refractivity contribution in [1.29, 1.82) is 0 Å². The van der Waals surface area contributed by atoms with E-state index < -0.39 is 5.82 Å². The highest BCUT2D eigenvalue weighted by atomic mass is 19.1. The number of hydrogen-bond acceptors (Lipinski definition) is 2. The number of aryl methyl sites for hydroxylation is 1. The highest BCUT2D eigenvalue weighted by molar-refractivity contribution is 5.39. The molecule has 2 rings (SSSR count). The molecule has 108 valence electrons. The Labute approximate surface area is 124 Å². The first kappa shape index (κ1) is 15.1. The zero-order valence-corrected chi connectivity index (χ0v) is 11.9. The highest BCUT2D eigenvalue weighted by Gasteiger charge is 2.03. The molecule has 0 spiro atoms. The lowest BCUT2D eigenvalue weighted by molar-refractivity contribution is 0.304. The van der Waals surface area contributed by atoms with Crippen LogP contribution in [0.25, 0.3) is 0 Å². The molecule has 0 unspecified atom stereocenters. The van der Waals surface area contributed by atoms with Crippen molar-refractivity contribution in [3.05, 3.63) is 65.0 Å². The molecule has 3 heteroatoms. The summed E-state index contributed by atoms with van der Waals surface area (Å²) in [6, 6.07) is 12.6. The van der Waals surface area contributed by atoms with Crippen LogP contribution in [0.4, 0.5) is 4.39 Å². The Kier molecular flexibility index (Phi) is 5.36. The smallest absolute Gasteiger partial charge is 0.142 e. The van der Waals surface area contributed by atoms with Crippen LogP contribution in [-0.4, -0.2) is 11.7 Å². The highest BCUT2D eigenvalue weighted by Crippen LogP contribution is 2.17. The van der Waals surface area contributed by atoms with Crippen molar-refractivity contribution < 1.29 is 14.2 Å². The summed E-state index contributed by atoms with van der Waals surface area (Å²) in [5, 5.41) is 8.64. The fraction of sp³-hybridized carbons (Fsp3) is 0.222. The normalized spacial score (nSPS) is 9.86. The Morgan fingerprint density at radius 2 is 2.05 bits per heavy atom. The maximum atomic E-state index is 13.8. The number of rotatable bonds is 4. The lowest BCUT2D eigenvalue weighted by Crippen LogP contribution is -1.96. The largest absolute Gasteiger partial charge is 0.489 e. The van der Waals surface area contributed by atoms with Gasteiger partial charge in [-0.3, -0.25) is 0 Å². The molecule has 0 bridgehead atoms. The minimum Gasteiger partial charge on any atom is -0.489 e. The topological polar surface area (TPSA) is 29.5 Å². The summed E-state index contributed by atoms with van der Waals surface area (Å²) >= 11 is 0. The predicted molar refractivity (Wildman–Crippen MR) is 80.5 cm³/mol. The summed E-state index contributed by atoms with van der Waals surface area (Å²) in [7, 11) is 0. The molecule has 2 aromatic carbocycles. The molecule has 0 saturated heterocycles. The number of halogens is 1. The molecule has 0 aliphatic carbocycles. The van der Waals surface area contributed by atoms with Crippen molar-refractivity contribution in [2.45, 2.75) is 20.0 Å². The van der Waals surface area contributed by atoms with Crippen LogP contribution in [-0.2, 0) is 6.61 Å². The Bertz CT molecular complexity index is 668. The number of hydrogen-bond donors (Lipinski definition) is 1. The summed E-state index contributed by atoms with van der Waals surface area (Å²) in [4.78, 5) is 0. The Morgan fingerprint density at radius 1 is 1.19 bits per heavy atom. The van der Waals surface area contributed by atoms with E-state index in [0.29, 0.717) is 24.3 Å². The van der Waals surface area contributed by atoms with E-state index in [1.54, 1.807) is 12.1 Å². The van der Waals surface area contributed by atoms with Crippen LogP contribution in [0.1, 0.15) is 23.1 Å². The fourth-order valence-corrected chi connectivity index (χ4v) is 1.87. The van der Waals surface area contributed by atoms with Crippen LogP contribution >= 0.6 is 0 Å². The van der Waals surface area contributed by atoms with Crippen LogP contribution in [0, 0.1) is 24.6 Å². The zero-order valence-electron chi connectivity index (χ0n) is 11.9. The first-order valence-electron chi connectivity index (χ1n) is 6.76. The van der Waals surface area contributed by atoms with Crippen LogP contribution < -0.4 is 4.74 Å². The average molecular weight is 284 g/mol. The SMILES string of the molecule is Cc1cccc(COc2ccc(C#CCCO)c(F)c2)c1. The monoisotopic (exact) mass is 284 g/mol. The van der Waals surface area contributed by atoms with Gasteiger partial charge in [-0.15, -0.1) is 0 Å². The van der Waals surface area contributed by atoms with Gasteiger partial charge in [-0.2, -0.15) is 0 Å². The van der Waals surface area contributed by atoms with Crippen LogP contribution in [0.15, 0.2) is 42.5 Å². The van der Waals surface area contributed by atoms with E-state index in [0.717, 1.165) is 11.1 Å². The standard InChI is InChI=1S/C18H17FO2/c1-14-5-4-6-15(11-14)13-21-17-9-8-16(18(19)12-17)7-2-3-10-20/h4-6,8-9,11-12,20H,3,10,13H2,1H3. The minimum atomic E-state index is -0.415. The summed E-state index contributed by atoms with van der Waals surface area (Å²) in [6.45, 7) is 2.39. The molecule has 1 N–H and O–H groups in total. The first-order chi connectivity index (χ1) is 10.2. The molecule has 2 nitrogen and oxygen atoms in total. The molecule has 0 heterocycles. The molecule has 0 fully saturated rings. The van der Waals surface area contributed by atoms with Gasteiger partial charge in [-0.05, 0) is 24.6 Å². The van der Waals surface area contributed by atoms with Gasteiger partial charge in [0.1, 0.15) is 18.2 Å². The number of benzene rings is 2. The molecule has 21 heavy (non-hydrogen) atoms. The molecular weight excluding hydrogens is 267 g/mol. The second-order valence-corrected chi connectivity index (χ2v) is 4.69. The van der Waals surface area contributed by atoms with Crippen molar-refractivity contribution in [1.82, 2.24) is 0 Å². The zero-order chi connectivity index (χ0) is 15.1. The predicted octanol–water partition coefficient (Wildman–Crippen LogP) is 3.45. The second-order valence-electron chi connectivity index (χ2n) is 4.69. The summed E-state index contributed by atoms with van der Waals surface area (Å²) in [6.07, 6.45) is 0.338. The van der Waals surface area contributed by atoms with E-state index >= 15 is 0 Å². The van der Waals surface area contributed by atoms with Gasteiger partial charge in [-0.1, -0.05) is 41.7 Å². The molecule has 0 amide bonds. The van der Waals surface area contributed by atoms with Crippen molar-refractivity contribution in [2.75, 3.05) is 6.61 Å². The van der Waals surface area contributed by atoms with E-state index in [9.17, 15) is 4.39 Å². The Morgan fingerprint density at radius 3 is 2.76 bits per heavy atom. The minimum absolute atomic E-state index is 0.0215. The van der Waals surface area contributed by atoms with Crippen LogP contribution in [0.2, 0.25) is 0 Å². The summed E-state index contributed by atoms with van der Waals surface area (Å²) < 4.78 is 19.4. The van der Waals surface area contributed by atoms with E-state index in [1.165, 1.54) is 6.07 Å². The van der Waals surface area contributed by atoms with Crippen molar-refractivity contribution >= 4 is 0 Å². The maximum absolute atomic E-state index is 13.8. The third kappa shape index (κ3) is 4.62. The molecule has 0 atom stereocenters. The van der Waals surface area contributed by atoms with E-state index in [2.05, 4.69) is 11.8 Å². The summed E-state index contributed by atoms with van der Waals surface area (Å²) in [5.74, 6) is 5.44. The van der Waals surface area contributed by atoms with Gasteiger partial charge in [-0.25, -0.2) is 4.39 Å². The lowest BCUT2D eigenvalue weighted by Gasteiger charge is -2.07. The van der Waals surface area contributed by atoms with E-state index in [4.69, 9.17) is 9.84 Å². The number of aliphatic hydroxyl groups is 1. The van der Waals surface area contributed by atoms with Crippen LogP contribution in [0.3, 0.4) is 0 Å². The molecule has 0 radical (unpaired) electrons. The number of aliphatic hydroxyl groups excluding tert-OH is 1. The van der Waals surface area contributed by atoms with Crippen LogP contribution in [0.5, 0.6) is 5.75 Å². The number of ether oxygens (including phenoxy) is 1. The van der Waals surface area contributed by atoms with E-state index in [-0.39, 0.29) is 6.61 Å². The van der Waals surface area contributed by atoms with Crippen molar-refractivity contribution in [3.8, 4) is 17.6 Å². The molecule has 0 aromatic heterocycles. The maximum Gasteiger partial charge on any atom is 0.142 e. The van der Waals surface area contributed by atoms with Gasteiger partial charge in [0.15, 0.2) is 0 Å². The molecule has 0 aliphatic rings. The first-order valence-corrected chi connectivity index (χ1v) is 6.76. The second kappa shape index (κ2) is 7.47. The van der Waals surface area contributed by atoms with Crippen molar-refractivity contribution in [2.24, 2.45) is 0 Å². The Hall–Kier alpha value is -2.31. The summed E-state index contributed by atoms with van der Waals surface area (Å²) in [5.41, 5.74) is 2.52.